The van der Waals surface area contributed by atoms with Gasteiger partial charge in [-0.2, -0.15) is 0 Å². The van der Waals surface area contributed by atoms with Crippen molar-refractivity contribution in [1.82, 2.24) is 4.57 Å². The first kappa shape index (κ1) is 18.9. The molecule has 1 aromatic heterocycles. The van der Waals surface area contributed by atoms with E-state index in [0.29, 0.717) is 6.54 Å². The van der Waals surface area contributed by atoms with Crippen LogP contribution in [0.15, 0.2) is 79.0 Å². The molecule has 3 nitrogen and oxygen atoms in total. The Hall–Kier alpha value is -3.47. The van der Waals surface area contributed by atoms with E-state index in [4.69, 9.17) is 4.74 Å². The highest BCUT2D eigenvalue weighted by atomic mass is 19.1. The summed E-state index contributed by atoms with van der Waals surface area (Å²) in [7, 11) is 0. The molecule has 0 unspecified atom stereocenters. The molecule has 0 N–H and O–H groups in total. The number of carbonyl (C=O) groups excluding carboxylic acids is 1. The number of carbonyl (C=O) groups is 1. The van der Waals surface area contributed by atoms with Crippen molar-refractivity contribution in [2.45, 2.75) is 19.6 Å². The molecule has 146 valence electrons. The van der Waals surface area contributed by atoms with E-state index in [2.05, 4.69) is 0 Å². The van der Waals surface area contributed by atoms with E-state index in [0.717, 1.165) is 27.6 Å². The van der Waals surface area contributed by atoms with Gasteiger partial charge in [0, 0.05) is 23.6 Å². The van der Waals surface area contributed by atoms with Crippen LogP contribution in [-0.4, -0.2) is 10.5 Å². The Bertz CT molecular complexity index is 1130. The van der Waals surface area contributed by atoms with Crippen LogP contribution in [0.4, 0.5) is 8.78 Å². The number of benzene rings is 3. The lowest BCUT2D eigenvalue weighted by atomic mass is 10.1. The highest BCUT2D eigenvalue weighted by molar-refractivity contribution is 5.88. The van der Waals surface area contributed by atoms with Crippen molar-refractivity contribution >= 4 is 16.9 Å². The van der Waals surface area contributed by atoms with Crippen molar-refractivity contribution in [3.8, 4) is 0 Å². The number of nitrogens with zero attached hydrogens (tertiary/aromatic N) is 1. The summed E-state index contributed by atoms with van der Waals surface area (Å²) >= 11 is 0. The third-order valence-electron chi connectivity index (χ3n) is 4.79. The molecule has 29 heavy (non-hydrogen) atoms. The van der Waals surface area contributed by atoms with Gasteiger partial charge >= 0.3 is 5.97 Å². The van der Waals surface area contributed by atoms with E-state index >= 15 is 0 Å². The van der Waals surface area contributed by atoms with Crippen LogP contribution in [-0.2, 0) is 29.1 Å². The van der Waals surface area contributed by atoms with E-state index in [1.54, 1.807) is 24.3 Å². The van der Waals surface area contributed by atoms with Crippen LogP contribution in [0.1, 0.15) is 16.7 Å². The summed E-state index contributed by atoms with van der Waals surface area (Å²) in [6.07, 6.45) is 2.07. The minimum atomic E-state index is -0.348. The predicted molar refractivity (Wildman–Crippen MR) is 107 cm³/mol. The summed E-state index contributed by atoms with van der Waals surface area (Å²) in [5.74, 6) is -0.941. The number of hydrogen-bond donors (Lipinski definition) is 0. The van der Waals surface area contributed by atoms with Gasteiger partial charge in [0.25, 0.3) is 0 Å². The summed E-state index contributed by atoms with van der Waals surface area (Å²) in [5.41, 5.74) is 3.57. The van der Waals surface area contributed by atoms with Crippen LogP contribution < -0.4 is 0 Å². The minimum absolute atomic E-state index is 0.104. The first-order chi connectivity index (χ1) is 14.1. The van der Waals surface area contributed by atoms with E-state index in [1.165, 1.54) is 24.3 Å². The van der Waals surface area contributed by atoms with Crippen LogP contribution in [0, 0.1) is 11.6 Å². The molecule has 0 aliphatic heterocycles. The maximum Gasteiger partial charge on any atom is 0.310 e. The number of ether oxygens (including phenoxy) is 1. The van der Waals surface area contributed by atoms with Gasteiger partial charge in [0.15, 0.2) is 0 Å². The van der Waals surface area contributed by atoms with Gasteiger partial charge < -0.3 is 9.30 Å². The fourth-order valence-corrected chi connectivity index (χ4v) is 3.33. The molecule has 0 amide bonds. The molecule has 0 bridgehead atoms. The SMILES string of the molecule is O=C(Cc1cn(Cc2ccc(F)cc2)c2ccccc12)OCc1ccc(F)cc1. The van der Waals surface area contributed by atoms with Crippen LogP contribution in [0.25, 0.3) is 10.9 Å². The number of halogens is 2. The summed E-state index contributed by atoms with van der Waals surface area (Å²) in [6.45, 7) is 0.679. The summed E-state index contributed by atoms with van der Waals surface area (Å²) in [4.78, 5) is 12.4. The van der Waals surface area contributed by atoms with Gasteiger partial charge in [0.1, 0.15) is 18.2 Å². The van der Waals surface area contributed by atoms with Crippen LogP contribution in [0.3, 0.4) is 0 Å². The van der Waals surface area contributed by atoms with Crippen molar-refractivity contribution in [2.24, 2.45) is 0 Å². The van der Waals surface area contributed by atoms with Gasteiger partial charge in [-0.3, -0.25) is 4.79 Å². The maximum atomic E-state index is 13.2. The van der Waals surface area contributed by atoms with E-state index in [1.807, 2.05) is 35.0 Å². The van der Waals surface area contributed by atoms with Gasteiger partial charge in [-0.05, 0) is 47.0 Å². The normalized spacial score (nSPS) is 11.0. The van der Waals surface area contributed by atoms with Crippen molar-refractivity contribution in [1.29, 1.82) is 0 Å². The molecule has 5 heteroatoms. The standard InChI is InChI=1S/C24H19F2NO2/c25-20-9-5-17(6-10-20)14-27-15-19(22-3-1-2-4-23(22)27)13-24(28)29-16-18-7-11-21(26)12-8-18/h1-12,15H,13-14,16H2. The molecule has 0 atom stereocenters. The number of para-hydroxylation sites is 1. The zero-order valence-electron chi connectivity index (χ0n) is 15.6. The van der Waals surface area contributed by atoms with E-state index < -0.39 is 0 Å². The largest absolute Gasteiger partial charge is 0.461 e. The smallest absolute Gasteiger partial charge is 0.310 e. The van der Waals surface area contributed by atoms with Crippen LogP contribution in [0.2, 0.25) is 0 Å². The third kappa shape index (κ3) is 4.51. The molecule has 0 saturated heterocycles. The number of hydrogen-bond acceptors (Lipinski definition) is 2. The Morgan fingerprint density at radius 1 is 0.828 bits per heavy atom. The zero-order chi connectivity index (χ0) is 20.2. The van der Waals surface area contributed by atoms with E-state index in [-0.39, 0.29) is 30.6 Å². The van der Waals surface area contributed by atoms with Crippen molar-refractivity contribution < 1.29 is 18.3 Å². The molecule has 3 aromatic carbocycles. The number of fused-ring (bicyclic) bond motifs is 1. The zero-order valence-corrected chi connectivity index (χ0v) is 15.6. The molecule has 4 rings (SSSR count). The van der Waals surface area contributed by atoms with Gasteiger partial charge in [-0.15, -0.1) is 0 Å². The molecule has 0 saturated carbocycles. The summed E-state index contributed by atoms with van der Waals surface area (Å²) in [6, 6.07) is 20.1. The fraction of sp³-hybridized carbons (Fsp3) is 0.125. The van der Waals surface area contributed by atoms with Gasteiger partial charge in [-0.1, -0.05) is 42.5 Å². The summed E-state index contributed by atoms with van der Waals surface area (Å²) < 4.78 is 33.5. The molecule has 4 aromatic rings. The lowest BCUT2D eigenvalue weighted by Gasteiger charge is -2.05. The van der Waals surface area contributed by atoms with Gasteiger partial charge in [-0.25, -0.2) is 8.78 Å². The molecular formula is C24H19F2NO2. The average Bonchev–Trinajstić information content (AvgIpc) is 3.07. The van der Waals surface area contributed by atoms with Crippen molar-refractivity contribution in [3.63, 3.8) is 0 Å². The maximum absolute atomic E-state index is 13.2. The molecule has 0 aliphatic carbocycles. The molecule has 0 aliphatic rings. The second-order valence-corrected chi connectivity index (χ2v) is 6.89. The lowest BCUT2D eigenvalue weighted by molar-refractivity contribution is -0.144. The van der Waals surface area contributed by atoms with E-state index in [9.17, 15) is 13.6 Å². The molecule has 0 radical (unpaired) electrons. The second-order valence-electron chi connectivity index (χ2n) is 6.89. The lowest BCUT2D eigenvalue weighted by Crippen LogP contribution is -2.08. The summed E-state index contributed by atoms with van der Waals surface area (Å²) in [5, 5.41) is 0.980. The minimum Gasteiger partial charge on any atom is -0.461 e. The Morgan fingerprint density at radius 3 is 2.14 bits per heavy atom. The number of esters is 1. The average molecular weight is 391 g/mol. The highest BCUT2D eigenvalue weighted by Crippen LogP contribution is 2.23. The van der Waals surface area contributed by atoms with Crippen LogP contribution >= 0.6 is 0 Å². The highest BCUT2D eigenvalue weighted by Gasteiger charge is 2.13. The Balaban J connectivity index is 1.50. The van der Waals surface area contributed by atoms with Crippen LogP contribution in [0.5, 0.6) is 0 Å². The van der Waals surface area contributed by atoms with Crippen molar-refractivity contribution in [3.05, 3.63) is 107 Å². The second kappa shape index (κ2) is 8.27. The Kier molecular flexibility index (Phi) is 5.38. The predicted octanol–water partition coefficient (Wildman–Crippen LogP) is 5.25. The molecular weight excluding hydrogens is 372 g/mol. The number of rotatable bonds is 6. The fourth-order valence-electron chi connectivity index (χ4n) is 3.33. The van der Waals surface area contributed by atoms with Gasteiger partial charge in [0.2, 0.25) is 0 Å². The molecule has 1 heterocycles. The monoisotopic (exact) mass is 391 g/mol. The molecule has 0 spiro atoms. The first-order valence-electron chi connectivity index (χ1n) is 9.30. The Labute approximate surface area is 167 Å². The van der Waals surface area contributed by atoms with Gasteiger partial charge in [0.05, 0.1) is 6.42 Å². The Morgan fingerprint density at radius 2 is 1.45 bits per heavy atom. The third-order valence-corrected chi connectivity index (χ3v) is 4.79. The molecule has 0 fully saturated rings. The first-order valence-corrected chi connectivity index (χ1v) is 9.30. The quantitative estimate of drug-likeness (QED) is 0.420. The van der Waals surface area contributed by atoms with Crippen molar-refractivity contribution in [2.75, 3.05) is 0 Å². The topological polar surface area (TPSA) is 31.2 Å². The number of aromatic nitrogens is 1.